The van der Waals surface area contributed by atoms with Crippen molar-refractivity contribution >= 4 is 16.0 Å². The molecule has 1 rings (SSSR count). The second kappa shape index (κ2) is 3.87. The van der Waals surface area contributed by atoms with E-state index in [1.165, 1.54) is 18.2 Å². The quantitative estimate of drug-likeness (QED) is 0.716. The van der Waals surface area contributed by atoms with Crippen LogP contribution in [0.5, 0.6) is 5.75 Å². The van der Waals surface area contributed by atoms with E-state index in [0.29, 0.717) is 0 Å². The molecule has 0 aliphatic rings. The highest BCUT2D eigenvalue weighted by Crippen LogP contribution is 2.24. The first-order valence-corrected chi connectivity index (χ1v) is 5.33. The van der Waals surface area contributed by atoms with Crippen LogP contribution in [0.2, 0.25) is 0 Å². The maximum absolute atomic E-state index is 10.8. The molecule has 0 bridgehead atoms. The van der Waals surface area contributed by atoms with Crippen LogP contribution in [0.1, 0.15) is 10.8 Å². The molecule has 0 saturated carbocycles. The molecule has 1 amide bonds. The third kappa shape index (κ3) is 2.67. The average molecular weight is 230 g/mol. The number of hydrogen-bond acceptors (Lipinski definition) is 4. The molecule has 0 aliphatic heterocycles. The fourth-order valence-electron chi connectivity index (χ4n) is 1.15. The Bertz CT molecular complexity index is 482. The van der Waals surface area contributed by atoms with E-state index in [4.69, 9.17) is 15.4 Å². The van der Waals surface area contributed by atoms with Crippen molar-refractivity contribution in [3.8, 4) is 5.75 Å². The molecule has 1 radical (unpaired) electrons. The van der Waals surface area contributed by atoms with Gasteiger partial charge in [-0.25, -0.2) is 0 Å². The summed E-state index contributed by atoms with van der Waals surface area (Å²) in [5.74, 6) is -1.70. The molecule has 81 valence electrons. The van der Waals surface area contributed by atoms with Crippen molar-refractivity contribution in [3.63, 3.8) is 0 Å². The lowest BCUT2D eigenvalue weighted by Gasteiger charge is -2.09. The van der Waals surface area contributed by atoms with E-state index in [1.807, 2.05) is 0 Å². The maximum atomic E-state index is 10.8. The average Bonchev–Trinajstić information content (AvgIpc) is 1.99. The molecule has 15 heavy (non-hydrogen) atoms. The van der Waals surface area contributed by atoms with Crippen LogP contribution in [0, 0.1) is 0 Å². The van der Waals surface area contributed by atoms with Gasteiger partial charge in [-0.05, 0) is 17.7 Å². The van der Waals surface area contributed by atoms with Crippen LogP contribution < -0.4 is 5.73 Å². The summed E-state index contributed by atoms with van der Waals surface area (Å²) >= 11 is 0. The number of benzene rings is 1. The molecule has 7 heteroatoms. The molecule has 0 fully saturated rings. The van der Waals surface area contributed by atoms with Crippen LogP contribution in [0.15, 0.2) is 24.3 Å². The standard InChI is InChI=1S/C8H8NO5S/c9-8(11)7(15(12,13)14)5-2-1-3-6(10)4-5/h1-4,7,9-10H,(H,12,13,14). The lowest BCUT2D eigenvalue weighted by atomic mass is 10.1. The minimum absolute atomic E-state index is 0.141. The Balaban J connectivity index is 3.29. The van der Waals surface area contributed by atoms with Crippen molar-refractivity contribution in [2.24, 2.45) is 0 Å². The van der Waals surface area contributed by atoms with E-state index in [2.05, 4.69) is 0 Å². The number of amides is 1. The maximum Gasteiger partial charge on any atom is 0.281 e. The highest BCUT2D eigenvalue weighted by atomic mass is 32.2. The number of carbonyl (C=O) groups excluding carboxylic acids is 1. The van der Waals surface area contributed by atoms with Gasteiger partial charge in [0, 0.05) is 0 Å². The van der Waals surface area contributed by atoms with E-state index < -0.39 is 21.3 Å². The summed E-state index contributed by atoms with van der Waals surface area (Å²) in [6.07, 6.45) is 0. The minimum Gasteiger partial charge on any atom is -0.508 e. The summed E-state index contributed by atoms with van der Waals surface area (Å²) in [6, 6.07) is 4.82. The van der Waals surface area contributed by atoms with Crippen LogP contribution in [-0.4, -0.2) is 24.0 Å². The predicted molar refractivity (Wildman–Crippen MR) is 50.5 cm³/mol. The van der Waals surface area contributed by atoms with Gasteiger partial charge < -0.3 is 5.11 Å². The molecule has 6 nitrogen and oxygen atoms in total. The van der Waals surface area contributed by atoms with Crippen molar-refractivity contribution in [2.45, 2.75) is 5.25 Å². The normalized spacial score (nSPS) is 13.4. The van der Waals surface area contributed by atoms with E-state index in [-0.39, 0.29) is 11.3 Å². The minimum atomic E-state index is -4.68. The Morgan fingerprint density at radius 3 is 2.40 bits per heavy atom. The number of phenols is 1. The smallest absolute Gasteiger partial charge is 0.281 e. The molecule has 1 aromatic rings. The number of nitrogens with one attached hydrogen (secondary N) is 1. The van der Waals surface area contributed by atoms with Crippen molar-refractivity contribution in [1.29, 1.82) is 0 Å². The first-order chi connectivity index (χ1) is 6.82. The Labute approximate surface area is 86.1 Å². The van der Waals surface area contributed by atoms with Crippen molar-refractivity contribution in [1.82, 2.24) is 5.73 Å². The number of aromatic hydroxyl groups is 1. The second-order valence-electron chi connectivity index (χ2n) is 2.85. The summed E-state index contributed by atoms with van der Waals surface area (Å²) in [6.45, 7) is 0. The Hall–Kier alpha value is -1.60. The summed E-state index contributed by atoms with van der Waals surface area (Å²) in [4.78, 5) is 10.7. The lowest BCUT2D eigenvalue weighted by Crippen LogP contribution is -2.22. The molecule has 0 spiro atoms. The fraction of sp³-hybridized carbons (Fsp3) is 0.125. The van der Waals surface area contributed by atoms with E-state index in [9.17, 15) is 13.2 Å². The molecule has 1 atom stereocenters. The van der Waals surface area contributed by atoms with Crippen molar-refractivity contribution in [2.75, 3.05) is 0 Å². The molecular formula is C8H8NO5S. The molecule has 0 saturated heterocycles. The van der Waals surface area contributed by atoms with Crippen LogP contribution >= 0.6 is 0 Å². The SMILES string of the molecule is [NH]C(=O)C(c1cccc(O)c1)S(=O)(=O)O. The van der Waals surface area contributed by atoms with Gasteiger partial charge in [0.1, 0.15) is 5.75 Å². The third-order valence-electron chi connectivity index (χ3n) is 1.71. The first kappa shape index (κ1) is 11.5. The number of carbonyl (C=O) groups is 1. The van der Waals surface area contributed by atoms with Gasteiger partial charge in [-0.3, -0.25) is 15.1 Å². The summed E-state index contributed by atoms with van der Waals surface area (Å²) in [7, 11) is -4.68. The molecule has 0 heterocycles. The van der Waals surface area contributed by atoms with Gasteiger partial charge >= 0.3 is 0 Å². The summed E-state index contributed by atoms with van der Waals surface area (Å²) < 4.78 is 30.4. The van der Waals surface area contributed by atoms with Gasteiger partial charge in [0.25, 0.3) is 16.0 Å². The first-order valence-electron chi connectivity index (χ1n) is 3.83. The van der Waals surface area contributed by atoms with Crippen LogP contribution in [0.4, 0.5) is 0 Å². The molecular weight excluding hydrogens is 222 g/mol. The summed E-state index contributed by atoms with van der Waals surface area (Å²) in [5, 5.41) is 7.09. The Morgan fingerprint density at radius 2 is 2.00 bits per heavy atom. The number of hydrogen-bond donors (Lipinski definition) is 2. The molecule has 3 N–H and O–H groups in total. The number of phenolic OH excluding ortho intramolecular Hbond substituents is 1. The van der Waals surface area contributed by atoms with Crippen molar-refractivity contribution < 1.29 is 22.9 Å². The van der Waals surface area contributed by atoms with E-state index in [0.717, 1.165) is 6.07 Å². The topological polar surface area (TPSA) is 115 Å². The molecule has 1 aromatic carbocycles. The monoisotopic (exact) mass is 230 g/mol. The van der Waals surface area contributed by atoms with Crippen LogP contribution in [0.3, 0.4) is 0 Å². The van der Waals surface area contributed by atoms with Crippen LogP contribution in [-0.2, 0) is 14.9 Å². The van der Waals surface area contributed by atoms with Gasteiger partial charge in [-0.2, -0.15) is 8.42 Å². The number of rotatable bonds is 3. The highest BCUT2D eigenvalue weighted by Gasteiger charge is 2.31. The molecule has 0 aromatic heterocycles. The van der Waals surface area contributed by atoms with Gasteiger partial charge in [-0.15, -0.1) is 0 Å². The van der Waals surface area contributed by atoms with Gasteiger partial charge in [-0.1, -0.05) is 12.1 Å². The van der Waals surface area contributed by atoms with Crippen molar-refractivity contribution in [3.05, 3.63) is 29.8 Å². The van der Waals surface area contributed by atoms with Gasteiger partial charge in [0.15, 0.2) is 5.25 Å². The molecule has 1 unspecified atom stereocenters. The summed E-state index contributed by atoms with van der Waals surface area (Å²) in [5.41, 5.74) is 6.60. The predicted octanol–water partition coefficient (Wildman–Crippen LogP) is 0.131. The molecule has 0 aliphatic carbocycles. The largest absolute Gasteiger partial charge is 0.508 e. The zero-order valence-electron chi connectivity index (χ0n) is 7.41. The highest BCUT2D eigenvalue weighted by molar-refractivity contribution is 7.86. The fourth-order valence-corrected chi connectivity index (χ4v) is 1.91. The second-order valence-corrected chi connectivity index (χ2v) is 4.36. The van der Waals surface area contributed by atoms with E-state index in [1.54, 1.807) is 0 Å². The van der Waals surface area contributed by atoms with Gasteiger partial charge in [0.05, 0.1) is 0 Å². The zero-order valence-corrected chi connectivity index (χ0v) is 8.23. The Kier molecular flexibility index (Phi) is 2.96. The van der Waals surface area contributed by atoms with E-state index >= 15 is 0 Å². The zero-order chi connectivity index (χ0) is 11.6. The third-order valence-corrected chi connectivity index (χ3v) is 2.79. The Morgan fingerprint density at radius 1 is 1.40 bits per heavy atom. The van der Waals surface area contributed by atoms with Gasteiger partial charge in [0.2, 0.25) is 0 Å². The lowest BCUT2D eigenvalue weighted by molar-refractivity contribution is -0.118. The van der Waals surface area contributed by atoms with Crippen LogP contribution in [0.25, 0.3) is 0 Å².